The molecule has 4 rings (SSSR count). The second-order valence-corrected chi connectivity index (χ2v) is 6.88. The highest BCUT2D eigenvalue weighted by molar-refractivity contribution is 5.73. The average molecular weight is 380 g/mol. The monoisotopic (exact) mass is 380 g/mol. The molecular weight excluding hydrogens is 364 g/mol. The van der Waals surface area contributed by atoms with E-state index in [1.54, 1.807) is 0 Å². The number of aromatic nitrogens is 4. The second-order valence-electron chi connectivity index (χ2n) is 6.88. The van der Waals surface area contributed by atoms with E-state index in [1.807, 2.05) is 0 Å². The van der Waals surface area contributed by atoms with E-state index in [0.717, 1.165) is 18.2 Å². The smallest absolute Gasteiger partial charge is 0.262 e. The highest BCUT2D eigenvalue weighted by Crippen LogP contribution is 2.38. The van der Waals surface area contributed by atoms with Crippen molar-refractivity contribution in [1.82, 2.24) is 19.7 Å². The number of hydrogen-bond donors (Lipinski definition) is 1. The van der Waals surface area contributed by atoms with Crippen molar-refractivity contribution in [3.63, 3.8) is 0 Å². The summed E-state index contributed by atoms with van der Waals surface area (Å²) in [7, 11) is 0. The quantitative estimate of drug-likeness (QED) is 0.704. The van der Waals surface area contributed by atoms with Crippen molar-refractivity contribution in [3.05, 3.63) is 57.8 Å². The van der Waals surface area contributed by atoms with Gasteiger partial charge in [-0.2, -0.15) is 5.10 Å². The van der Waals surface area contributed by atoms with E-state index in [1.165, 1.54) is 10.9 Å². The first-order valence-corrected chi connectivity index (χ1v) is 8.60. The van der Waals surface area contributed by atoms with Crippen LogP contribution in [0.2, 0.25) is 0 Å². The minimum atomic E-state index is -2.67. The highest BCUT2D eigenvalue weighted by Gasteiger charge is 2.36. The van der Waals surface area contributed by atoms with Crippen LogP contribution >= 0.6 is 0 Å². The molecule has 9 heteroatoms. The maximum atomic E-state index is 13.4. The van der Waals surface area contributed by atoms with Crippen molar-refractivity contribution in [2.45, 2.75) is 44.1 Å². The fourth-order valence-corrected chi connectivity index (χ4v) is 3.51. The van der Waals surface area contributed by atoms with Gasteiger partial charge in [-0.15, -0.1) is 0 Å². The Morgan fingerprint density at radius 1 is 1.15 bits per heavy atom. The van der Waals surface area contributed by atoms with E-state index < -0.39 is 23.1 Å². The van der Waals surface area contributed by atoms with Crippen LogP contribution in [-0.2, 0) is 6.42 Å². The van der Waals surface area contributed by atoms with E-state index in [4.69, 9.17) is 0 Å². The lowest BCUT2D eigenvalue weighted by Gasteiger charge is -2.28. The molecule has 0 unspecified atom stereocenters. The first-order chi connectivity index (χ1) is 12.8. The number of benzene rings is 1. The van der Waals surface area contributed by atoms with Crippen LogP contribution in [0.3, 0.4) is 0 Å². The van der Waals surface area contributed by atoms with Crippen molar-refractivity contribution >= 4 is 11.0 Å². The Morgan fingerprint density at radius 2 is 1.81 bits per heavy atom. The number of rotatable bonds is 3. The Bertz CT molecular complexity index is 1030. The predicted molar refractivity (Wildman–Crippen MR) is 89.8 cm³/mol. The molecule has 27 heavy (non-hydrogen) atoms. The van der Waals surface area contributed by atoms with Crippen LogP contribution in [-0.4, -0.2) is 25.7 Å². The first kappa shape index (κ1) is 17.7. The van der Waals surface area contributed by atoms with Crippen LogP contribution in [0, 0.1) is 11.6 Å². The molecule has 142 valence electrons. The molecule has 0 spiro atoms. The van der Waals surface area contributed by atoms with Gasteiger partial charge < -0.3 is 4.98 Å². The van der Waals surface area contributed by atoms with E-state index in [-0.39, 0.29) is 49.4 Å². The third-order valence-electron chi connectivity index (χ3n) is 4.84. The summed E-state index contributed by atoms with van der Waals surface area (Å²) in [6, 6.07) is 2.81. The van der Waals surface area contributed by atoms with Gasteiger partial charge in [-0.05, 0) is 30.5 Å². The van der Waals surface area contributed by atoms with Crippen molar-refractivity contribution < 1.29 is 17.6 Å². The molecule has 1 saturated carbocycles. The molecule has 2 heterocycles. The average Bonchev–Trinajstić information content (AvgIpc) is 2.98. The minimum Gasteiger partial charge on any atom is -0.310 e. The molecule has 1 aliphatic carbocycles. The van der Waals surface area contributed by atoms with Crippen LogP contribution in [0.25, 0.3) is 11.0 Å². The van der Waals surface area contributed by atoms with Gasteiger partial charge in [0, 0.05) is 25.3 Å². The number of nitrogens with zero attached hydrogens (tertiary/aromatic N) is 3. The largest absolute Gasteiger partial charge is 0.310 e. The summed E-state index contributed by atoms with van der Waals surface area (Å²) < 4.78 is 55.1. The summed E-state index contributed by atoms with van der Waals surface area (Å²) in [5.74, 6) is -3.89. The molecule has 5 nitrogen and oxygen atoms in total. The van der Waals surface area contributed by atoms with Crippen LogP contribution in [0.4, 0.5) is 17.6 Å². The molecule has 0 bridgehead atoms. The van der Waals surface area contributed by atoms with Gasteiger partial charge in [-0.1, -0.05) is 0 Å². The van der Waals surface area contributed by atoms with Crippen LogP contribution in [0.1, 0.15) is 43.1 Å². The highest BCUT2D eigenvalue weighted by atomic mass is 19.3. The lowest BCUT2D eigenvalue weighted by atomic mass is 9.92. The van der Waals surface area contributed by atoms with Gasteiger partial charge in [-0.3, -0.25) is 4.79 Å². The number of halogens is 4. The van der Waals surface area contributed by atoms with Crippen molar-refractivity contribution in [2.24, 2.45) is 0 Å². The van der Waals surface area contributed by atoms with Crippen LogP contribution < -0.4 is 5.56 Å². The summed E-state index contributed by atoms with van der Waals surface area (Å²) >= 11 is 0. The summed E-state index contributed by atoms with van der Waals surface area (Å²) in [5.41, 5.74) is 0.179. The number of alkyl halides is 2. The van der Waals surface area contributed by atoms with Crippen molar-refractivity contribution in [1.29, 1.82) is 0 Å². The predicted octanol–water partition coefficient (Wildman–Crippen LogP) is 3.74. The zero-order chi connectivity index (χ0) is 19.2. The van der Waals surface area contributed by atoms with Crippen molar-refractivity contribution in [3.8, 4) is 0 Å². The molecule has 0 atom stereocenters. The van der Waals surface area contributed by atoms with E-state index >= 15 is 0 Å². The molecule has 0 amide bonds. The van der Waals surface area contributed by atoms with Crippen molar-refractivity contribution in [2.75, 3.05) is 0 Å². The Labute approximate surface area is 151 Å². The van der Waals surface area contributed by atoms with Gasteiger partial charge in [0.25, 0.3) is 5.56 Å². The Kier molecular flexibility index (Phi) is 4.24. The molecule has 1 aromatic carbocycles. The number of hydrogen-bond acceptors (Lipinski definition) is 3. The zero-order valence-corrected chi connectivity index (χ0v) is 14.2. The van der Waals surface area contributed by atoms with Gasteiger partial charge in [-0.25, -0.2) is 27.2 Å². The third-order valence-corrected chi connectivity index (χ3v) is 4.84. The van der Waals surface area contributed by atoms with Gasteiger partial charge in [0.2, 0.25) is 5.92 Å². The van der Waals surface area contributed by atoms with Gasteiger partial charge in [0.05, 0.1) is 12.2 Å². The Morgan fingerprint density at radius 3 is 2.48 bits per heavy atom. The standard InChI is InChI=1S/C18H16F4N4O/c19-11-5-10(6-12(20)8-11)7-15-24-16-14(17(27)25-15)9-23-26(16)13-1-3-18(21,22)4-2-13/h5-6,8-9,13H,1-4,7H2,(H,24,25,27). The summed E-state index contributed by atoms with van der Waals surface area (Å²) in [4.78, 5) is 19.3. The molecule has 1 fully saturated rings. The third kappa shape index (κ3) is 3.58. The molecule has 0 aliphatic heterocycles. The second kappa shape index (κ2) is 6.47. The maximum absolute atomic E-state index is 13.4. The SMILES string of the molecule is O=c1[nH]c(Cc2cc(F)cc(F)c2)nc2c1cnn2C1CCC(F)(F)CC1. The van der Waals surface area contributed by atoms with Crippen LogP contribution in [0.5, 0.6) is 0 Å². The number of fused-ring (bicyclic) bond motifs is 1. The van der Waals surface area contributed by atoms with Gasteiger partial charge in [0.15, 0.2) is 5.65 Å². The minimum absolute atomic E-state index is 0.0216. The molecule has 1 N–H and O–H groups in total. The van der Waals surface area contributed by atoms with E-state index in [9.17, 15) is 22.4 Å². The van der Waals surface area contributed by atoms with E-state index in [2.05, 4.69) is 15.1 Å². The normalized spacial score (nSPS) is 17.5. The van der Waals surface area contributed by atoms with Gasteiger partial charge in [0.1, 0.15) is 22.8 Å². The first-order valence-electron chi connectivity index (χ1n) is 8.60. The molecule has 3 aromatic rings. The summed E-state index contributed by atoms with van der Waals surface area (Å²) in [6.45, 7) is 0. The molecule has 0 radical (unpaired) electrons. The molecular formula is C18H16F4N4O. The fourth-order valence-electron chi connectivity index (χ4n) is 3.51. The van der Waals surface area contributed by atoms with Crippen LogP contribution in [0.15, 0.2) is 29.2 Å². The summed E-state index contributed by atoms with van der Waals surface area (Å²) in [6.07, 6.45) is 1.38. The lowest BCUT2D eigenvalue weighted by Crippen LogP contribution is -2.27. The fraction of sp³-hybridized carbons (Fsp3) is 0.389. The molecule has 1 aliphatic rings. The molecule has 0 saturated heterocycles. The molecule has 2 aromatic heterocycles. The Hall–Kier alpha value is -2.71. The number of aromatic amines is 1. The topological polar surface area (TPSA) is 63.6 Å². The number of H-pyrrole nitrogens is 1. The zero-order valence-electron chi connectivity index (χ0n) is 14.2. The van der Waals surface area contributed by atoms with Gasteiger partial charge >= 0.3 is 0 Å². The maximum Gasteiger partial charge on any atom is 0.262 e. The van der Waals surface area contributed by atoms with E-state index in [0.29, 0.717) is 11.2 Å². The lowest BCUT2D eigenvalue weighted by molar-refractivity contribution is -0.0446. The number of nitrogens with one attached hydrogen (secondary N) is 1. The Balaban J connectivity index is 1.69. The summed E-state index contributed by atoms with van der Waals surface area (Å²) in [5, 5.41) is 4.42.